The van der Waals surface area contributed by atoms with E-state index in [0.717, 1.165) is 25.7 Å². The molecule has 0 aromatic rings. The number of carboxylic acid groups (broad SMARTS) is 2. The van der Waals surface area contributed by atoms with Crippen molar-refractivity contribution < 1.29 is 28.2 Å². The van der Waals surface area contributed by atoms with Crippen LogP contribution < -0.4 is 0 Å². The summed E-state index contributed by atoms with van der Waals surface area (Å²) in [4.78, 5) is 19.1. The molecule has 0 heterocycles. The molecule has 6 nitrogen and oxygen atoms in total. The molecule has 3 unspecified atom stereocenters. The molecule has 0 spiro atoms. The van der Waals surface area contributed by atoms with Gasteiger partial charge in [0.1, 0.15) is 8.77 Å². The van der Waals surface area contributed by atoms with Crippen LogP contribution in [0.3, 0.4) is 0 Å². The zero-order chi connectivity index (χ0) is 22.0. The van der Waals surface area contributed by atoms with Crippen LogP contribution >= 0.6 is 0 Å². The molecule has 0 amide bonds. The van der Waals surface area contributed by atoms with E-state index in [4.69, 9.17) is 25.6 Å². The molecular weight excluding hydrogens is 423 g/mol. The van der Waals surface area contributed by atoms with E-state index in [1.165, 1.54) is 38.5 Å². The Bertz CT molecular complexity index is 533. The molecule has 9 heteroatoms. The Morgan fingerprint density at radius 2 is 1.31 bits per heavy atom. The van der Waals surface area contributed by atoms with E-state index in [9.17, 15) is 13.8 Å². The predicted molar refractivity (Wildman–Crippen MR) is 125 cm³/mol. The second-order valence-corrected chi connectivity index (χ2v) is 10.3. The second-order valence-electron chi connectivity index (χ2n) is 6.92. The molecule has 0 aromatic heterocycles. The number of hydrogen-bond donors (Lipinski definition) is 2. The van der Waals surface area contributed by atoms with Crippen LogP contribution in [0, 0.1) is 0 Å². The van der Waals surface area contributed by atoms with E-state index >= 15 is 0 Å². The molecule has 29 heavy (non-hydrogen) atoms. The molecule has 2 N–H and O–H groups in total. The van der Waals surface area contributed by atoms with Crippen LogP contribution in [0.1, 0.15) is 91.9 Å². The van der Waals surface area contributed by atoms with Crippen LogP contribution in [0.15, 0.2) is 12.2 Å². The quantitative estimate of drug-likeness (QED) is 0.211. The van der Waals surface area contributed by atoms with Crippen molar-refractivity contribution in [3.63, 3.8) is 0 Å². The van der Waals surface area contributed by atoms with Crippen molar-refractivity contribution >= 4 is 61.5 Å². The molecule has 0 fully saturated rings. The predicted octanol–water partition coefficient (Wildman–Crippen LogP) is 4.45. The summed E-state index contributed by atoms with van der Waals surface area (Å²) in [5, 5.41) is 15.6. The van der Waals surface area contributed by atoms with Crippen LogP contribution in [-0.4, -0.2) is 67.3 Å². The summed E-state index contributed by atoms with van der Waals surface area (Å²) in [7, 11) is -2.56. The summed E-state index contributed by atoms with van der Waals surface area (Å²) in [5.74, 6) is -2.51. The van der Waals surface area contributed by atoms with Gasteiger partial charge in [-0.15, -0.1) is 0 Å². The van der Waals surface area contributed by atoms with Gasteiger partial charge < -0.3 is 10.2 Å². The molecule has 0 saturated carbocycles. The number of carbonyl (C=O) groups is 2. The minimum atomic E-state index is -2.56. The molecule has 0 saturated heterocycles. The van der Waals surface area contributed by atoms with E-state index in [0.29, 0.717) is 12.2 Å². The number of carboxylic acids is 2. The van der Waals surface area contributed by atoms with Gasteiger partial charge in [-0.3, -0.25) is 4.18 Å². The molecular formula is C20H39NaO6S2. The van der Waals surface area contributed by atoms with Gasteiger partial charge in [-0.25, -0.2) is 13.8 Å². The molecule has 0 radical (unpaired) electrons. The van der Waals surface area contributed by atoms with Crippen molar-refractivity contribution in [3.05, 3.63) is 12.2 Å². The van der Waals surface area contributed by atoms with Crippen molar-refractivity contribution in [2.75, 3.05) is 0 Å². The van der Waals surface area contributed by atoms with Crippen molar-refractivity contribution in [3.8, 4) is 0 Å². The van der Waals surface area contributed by atoms with Gasteiger partial charge in [0.2, 0.25) is 0 Å². The molecule has 0 aromatic carbocycles. The van der Waals surface area contributed by atoms with Crippen LogP contribution in [-0.2, 0) is 33.7 Å². The first-order valence-electron chi connectivity index (χ1n) is 10.1. The fraction of sp³-hybridized carbons (Fsp3) is 0.800. The Balaban J connectivity index is -0.000000636. The number of unbranched alkanes of at least 4 members (excludes halogenated alkanes) is 6. The van der Waals surface area contributed by atoms with Crippen LogP contribution in [0.25, 0.3) is 0 Å². The summed E-state index contributed by atoms with van der Waals surface area (Å²) in [6, 6.07) is 0. The normalized spacial score (nSPS) is 14.8. The summed E-state index contributed by atoms with van der Waals surface area (Å²) in [6.45, 7) is 8.38. The SMILES string of the molecule is CCCCCCC(C)OS(=O)(=S)C(C)CCCCCC.O=C(O)/C=C\C(=O)O.[NaH]. The van der Waals surface area contributed by atoms with Crippen molar-refractivity contribution in [1.29, 1.82) is 0 Å². The maximum atomic E-state index is 12.4. The Kier molecular flexibility index (Phi) is 24.7. The Morgan fingerprint density at radius 1 is 0.897 bits per heavy atom. The van der Waals surface area contributed by atoms with Gasteiger partial charge >= 0.3 is 41.5 Å². The van der Waals surface area contributed by atoms with E-state index in [1.807, 2.05) is 13.8 Å². The first-order chi connectivity index (χ1) is 13.1. The number of rotatable bonds is 15. The van der Waals surface area contributed by atoms with Crippen molar-refractivity contribution in [2.45, 2.75) is 103 Å². The average Bonchev–Trinajstić information content (AvgIpc) is 2.60. The molecule has 0 aliphatic rings. The van der Waals surface area contributed by atoms with Gasteiger partial charge in [-0.1, -0.05) is 65.2 Å². The fourth-order valence-corrected chi connectivity index (χ4v) is 4.27. The monoisotopic (exact) mass is 462 g/mol. The zero-order valence-electron chi connectivity index (χ0n) is 17.7. The second kappa shape index (κ2) is 21.2. The van der Waals surface area contributed by atoms with E-state index in [-0.39, 0.29) is 40.9 Å². The maximum absolute atomic E-state index is 12.4. The third-order valence-corrected chi connectivity index (χ3v) is 7.13. The van der Waals surface area contributed by atoms with Gasteiger partial charge in [-0.05, 0) is 26.7 Å². The molecule has 168 valence electrons. The van der Waals surface area contributed by atoms with Gasteiger partial charge in [0.25, 0.3) is 0 Å². The summed E-state index contributed by atoms with van der Waals surface area (Å²) in [6.07, 6.45) is 12.7. The van der Waals surface area contributed by atoms with Gasteiger partial charge in [0.15, 0.2) is 0 Å². The van der Waals surface area contributed by atoms with E-state index < -0.39 is 20.7 Å². The third kappa shape index (κ3) is 24.2. The van der Waals surface area contributed by atoms with Crippen molar-refractivity contribution in [1.82, 2.24) is 0 Å². The summed E-state index contributed by atoms with van der Waals surface area (Å²) < 4.78 is 18.1. The molecule has 0 aliphatic carbocycles. The Morgan fingerprint density at radius 3 is 1.69 bits per heavy atom. The summed E-state index contributed by atoms with van der Waals surface area (Å²) >= 11 is 5.23. The van der Waals surface area contributed by atoms with Gasteiger partial charge in [0, 0.05) is 23.3 Å². The van der Waals surface area contributed by atoms with Gasteiger partial charge in [0.05, 0.1) is 11.4 Å². The van der Waals surface area contributed by atoms with Crippen LogP contribution in [0.5, 0.6) is 0 Å². The third-order valence-electron chi connectivity index (χ3n) is 4.09. The van der Waals surface area contributed by atoms with Crippen molar-refractivity contribution in [2.24, 2.45) is 0 Å². The number of aliphatic carboxylic acids is 2. The Labute approximate surface area is 204 Å². The molecule has 0 aliphatic heterocycles. The van der Waals surface area contributed by atoms with Gasteiger partial charge in [-0.2, -0.15) is 0 Å². The van der Waals surface area contributed by atoms with E-state index in [2.05, 4.69) is 13.8 Å². The number of hydrogen-bond acceptors (Lipinski definition) is 5. The minimum absolute atomic E-state index is 0. The average molecular weight is 463 g/mol. The van der Waals surface area contributed by atoms with Crippen LogP contribution in [0.2, 0.25) is 0 Å². The molecule has 0 rings (SSSR count). The Hall–Kier alpha value is 0.0100. The van der Waals surface area contributed by atoms with E-state index in [1.54, 1.807) is 0 Å². The molecule has 0 bridgehead atoms. The van der Waals surface area contributed by atoms with Crippen LogP contribution in [0.4, 0.5) is 0 Å². The first-order valence-corrected chi connectivity index (χ1v) is 12.6. The fourth-order valence-electron chi connectivity index (χ4n) is 2.38. The summed E-state index contributed by atoms with van der Waals surface area (Å²) in [5.41, 5.74) is 0. The first kappa shape index (κ1) is 33.6. The topological polar surface area (TPSA) is 101 Å². The zero-order valence-corrected chi connectivity index (χ0v) is 19.4. The standard InChI is InChI=1S/C16H34O2S2.C4H4O4.Na.H/c1-5-7-9-11-13-15(3)18-20(17,19)16(4)14-12-10-8-6-2;5-3(6)1-2-4(7)8;;/h15-16H,5-14H2,1-4H3;1-2H,(H,5,6)(H,7,8);;/b;2-1-;;. The molecule has 3 atom stereocenters.